The van der Waals surface area contributed by atoms with Crippen molar-refractivity contribution >= 4 is 39.0 Å². The Morgan fingerprint density at radius 2 is 2.09 bits per heavy atom. The van der Waals surface area contributed by atoms with Gasteiger partial charge in [0.15, 0.2) is 11.5 Å². The monoisotopic (exact) mass is 382 g/mol. The molecule has 0 atom stereocenters. The van der Waals surface area contributed by atoms with Crippen LogP contribution in [0.1, 0.15) is 5.56 Å². The third-order valence-electron chi connectivity index (χ3n) is 3.22. The van der Waals surface area contributed by atoms with E-state index in [0.717, 1.165) is 10.0 Å². The molecule has 1 aliphatic rings. The average molecular weight is 383 g/mol. The molecule has 1 aromatic heterocycles. The van der Waals surface area contributed by atoms with Gasteiger partial charge in [0.05, 0.1) is 5.69 Å². The fourth-order valence-electron chi connectivity index (χ4n) is 2.10. The van der Waals surface area contributed by atoms with Crippen LogP contribution in [0.15, 0.2) is 33.4 Å². The first kappa shape index (κ1) is 15.2. The number of hydrogen-bond acceptors (Lipinski definition) is 4. The summed E-state index contributed by atoms with van der Waals surface area (Å²) in [7, 11) is 1.76. The summed E-state index contributed by atoms with van der Waals surface area (Å²) in [5.74, 6) is 1.33. The molecule has 0 saturated carbocycles. The normalized spacial score (nSPS) is 12.8. The Bertz CT molecular complexity index is 676. The van der Waals surface area contributed by atoms with E-state index in [1.165, 1.54) is 0 Å². The Morgan fingerprint density at radius 1 is 1.36 bits per heavy atom. The quantitative estimate of drug-likeness (QED) is 0.874. The van der Waals surface area contributed by atoms with E-state index >= 15 is 0 Å². The Hall–Kier alpha value is -1.73. The summed E-state index contributed by atoms with van der Waals surface area (Å²) in [6, 6.07) is 5.41. The number of fused-ring (bicyclic) bond motifs is 1. The number of benzene rings is 1. The van der Waals surface area contributed by atoms with E-state index < -0.39 is 0 Å². The molecule has 1 aromatic carbocycles. The fourth-order valence-corrected chi connectivity index (χ4v) is 3.18. The third kappa shape index (κ3) is 3.36. The number of halogens is 1. The van der Waals surface area contributed by atoms with E-state index in [1.807, 2.05) is 22.9 Å². The molecule has 2 aromatic rings. The number of carbonyl (C=O) groups is 1. The SMILES string of the molecule is CN(Cc1ccsc1)C(=O)Nc1cc2c(cc1Br)OCCO2. The van der Waals surface area contributed by atoms with Crippen LogP contribution in [0.4, 0.5) is 10.5 Å². The number of nitrogens with zero attached hydrogens (tertiary/aromatic N) is 1. The standard InChI is InChI=1S/C15H15BrN2O3S/c1-18(8-10-2-5-22-9-10)15(19)17-12-7-14-13(6-11(12)16)20-3-4-21-14/h2,5-7,9H,3-4,8H2,1H3,(H,17,19). The van der Waals surface area contributed by atoms with Crippen molar-refractivity contribution in [1.82, 2.24) is 4.90 Å². The maximum Gasteiger partial charge on any atom is 0.321 e. The molecule has 0 saturated heterocycles. The molecule has 0 spiro atoms. The molecule has 0 bridgehead atoms. The van der Waals surface area contributed by atoms with Crippen LogP contribution in [-0.2, 0) is 6.54 Å². The summed E-state index contributed by atoms with van der Waals surface area (Å²) >= 11 is 5.07. The highest BCUT2D eigenvalue weighted by Gasteiger charge is 2.17. The molecule has 2 heterocycles. The second kappa shape index (κ2) is 6.58. The van der Waals surface area contributed by atoms with Gasteiger partial charge in [-0.05, 0) is 38.3 Å². The maximum atomic E-state index is 12.3. The minimum atomic E-state index is -0.177. The predicted molar refractivity (Wildman–Crippen MR) is 89.9 cm³/mol. The van der Waals surface area contributed by atoms with Gasteiger partial charge in [0.2, 0.25) is 0 Å². The van der Waals surface area contributed by atoms with Crippen molar-refractivity contribution in [2.75, 3.05) is 25.6 Å². The van der Waals surface area contributed by atoms with E-state index in [4.69, 9.17) is 9.47 Å². The highest BCUT2D eigenvalue weighted by Crippen LogP contribution is 2.38. The zero-order valence-corrected chi connectivity index (χ0v) is 14.4. The zero-order valence-electron chi connectivity index (χ0n) is 12.0. The average Bonchev–Trinajstić information content (AvgIpc) is 3.00. The lowest BCUT2D eigenvalue weighted by Crippen LogP contribution is -2.30. The van der Waals surface area contributed by atoms with Crippen molar-refractivity contribution in [3.63, 3.8) is 0 Å². The number of hydrogen-bond donors (Lipinski definition) is 1. The fraction of sp³-hybridized carbons (Fsp3) is 0.267. The van der Waals surface area contributed by atoms with Gasteiger partial charge < -0.3 is 19.7 Å². The van der Waals surface area contributed by atoms with E-state index in [2.05, 4.69) is 21.2 Å². The Kier molecular flexibility index (Phi) is 4.54. The largest absolute Gasteiger partial charge is 0.486 e. The molecular weight excluding hydrogens is 368 g/mol. The first-order valence-electron chi connectivity index (χ1n) is 6.76. The molecule has 5 nitrogen and oxygen atoms in total. The van der Waals surface area contributed by atoms with Crippen LogP contribution in [0.2, 0.25) is 0 Å². The third-order valence-corrected chi connectivity index (χ3v) is 4.61. The molecule has 0 unspecified atom stereocenters. The lowest BCUT2D eigenvalue weighted by molar-refractivity contribution is 0.171. The van der Waals surface area contributed by atoms with Gasteiger partial charge in [0.25, 0.3) is 0 Å². The van der Waals surface area contributed by atoms with Crippen molar-refractivity contribution in [1.29, 1.82) is 0 Å². The van der Waals surface area contributed by atoms with Gasteiger partial charge in [0.1, 0.15) is 13.2 Å². The van der Waals surface area contributed by atoms with Gasteiger partial charge >= 0.3 is 6.03 Å². The van der Waals surface area contributed by atoms with Crippen LogP contribution in [0, 0.1) is 0 Å². The molecule has 0 radical (unpaired) electrons. The van der Waals surface area contributed by atoms with E-state index in [-0.39, 0.29) is 6.03 Å². The molecule has 116 valence electrons. The van der Waals surface area contributed by atoms with E-state index in [9.17, 15) is 4.79 Å². The number of carbonyl (C=O) groups excluding carboxylic acids is 1. The molecule has 3 rings (SSSR count). The minimum Gasteiger partial charge on any atom is -0.486 e. The predicted octanol–water partition coefficient (Wildman–Crippen LogP) is 3.95. The lowest BCUT2D eigenvalue weighted by atomic mass is 10.2. The van der Waals surface area contributed by atoms with Crippen molar-refractivity contribution < 1.29 is 14.3 Å². The smallest absolute Gasteiger partial charge is 0.321 e. The van der Waals surface area contributed by atoms with Crippen molar-refractivity contribution in [3.8, 4) is 11.5 Å². The van der Waals surface area contributed by atoms with Gasteiger partial charge in [0, 0.05) is 30.2 Å². The number of anilines is 1. The number of nitrogens with one attached hydrogen (secondary N) is 1. The van der Waals surface area contributed by atoms with Gasteiger partial charge in [-0.1, -0.05) is 0 Å². The molecule has 0 aliphatic carbocycles. The van der Waals surface area contributed by atoms with Gasteiger partial charge in [-0.15, -0.1) is 0 Å². The van der Waals surface area contributed by atoms with Crippen LogP contribution < -0.4 is 14.8 Å². The molecule has 1 N–H and O–H groups in total. The Labute approximate surface area is 141 Å². The second-order valence-electron chi connectivity index (χ2n) is 4.89. The van der Waals surface area contributed by atoms with Crippen LogP contribution in [0.5, 0.6) is 11.5 Å². The molecule has 7 heteroatoms. The van der Waals surface area contributed by atoms with Crippen molar-refractivity contribution in [3.05, 3.63) is 39.0 Å². The first-order chi connectivity index (χ1) is 10.6. The van der Waals surface area contributed by atoms with E-state index in [1.54, 1.807) is 29.4 Å². The number of urea groups is 1. The summed E-state index contributed by atoms with van der Waals surface area (Å²) < 4.78 is 11.8. The number of amides is 2. The van der Waals surface area contributed by atoms with E-state index in [0.29, 0.717) is 36.9 Å². The highest BCUT2D eigenvalue weighted by atomic mass is 79.9. The van der Waals surface area contributed by atoms with Gasteiger partial charge in [-0.3, -0.25) is 0 Å². The Morgan fingerprint density at radius 3 is 2.77 bits per heavy atom. The summed E-state index contributed by atoms with van der Waals surface area (Å²) in [6.45, 7) is 1.62. The molecule has 2 amide bonds. The van der Waals surface area contributed by atoms with Crippen molar-refractivity contribution in [2.45, 2.75) is 6.54 Å². The van der Waals surface area contributed by atoms with Crippen LogP contribution in [0.25, 0.3) is 0 Å². The maximum absolute atomic E-state index is 12.3. The zero-order chi connectivity index (χ0) is 15.5. The Balaban J connectivity index is 1.70. The van der Waals surface area contributed by atoms with Crippen LogP contribution >= 0.6 is 27.3 Å². The summed E-state index contributed by atoms with van der Waals surface area (Å²) in [5.41, 5.74) is 1.77. The van der Waals surface area contributed by atoms with Crippen LogP contribution in [0.3, 0.4) is 0 Å². The molecular formula is C15H15BrN2O3S. The molecule has 1 aliphatic heterocycles. The summed E-state index contributed by atoms with van der Waals surface area (Å²) in [5, 5.41) is 6.91. The number of ether oxygens (including phenoxy) is 2. The topological polar surface area (TPSA) is 50.8 Å². The van der Waals surface area contributed by atoms with Crippen molar-refractivity contribution in [2.24, 2.45) is 0 Å². The highest BCUT2D eigenvalue weighted by molar-refractivity contribution is 9.10. The summed E-state index contributed by atoms with van der Waals surface area (Å²) in [6.07, 6.45) is 0. The second-order valence-corrected chi connectivity index (χ2v) is 6.53. The number of rotatable bonds is 3. The number of thiophene rings is 1. The van der Waals surface area contributed by atoms with Gasteiger partial charge in [-0.25, -0.2) is 4.79 Å². The summed E-state index contributed by atoms with van der Waals surface area (Å²) in [4.78, 5) is 13.9. The lowest BCUT2D eigenvalue weighted by Gasteiger charge is -2.21. The molecule has 0 fully saturated rings. The first-order valence-corrected chi connectivity index (χ1v) is 8.49. The van der Waals surface area contributed by atoms with Crippen LogP contribution in [-0.4, -0.2) is 31.2 Å². The van der Waals surface area contributed by atoms with Gasteiger partial charge in [-0.2, -0.15) is 11.3 Å². The minimum absolute atomic E-state index is 0.177. The molecule has 22 heavy (non-hydrogen) atoms.